The third-order valence-electron chi connectivity index (χ3n) is 11.0. The number of halogens is 3. The first-order chi connectivity index (χ1) is 30.0. The van der Waals surface area contributed by atoms with Crippen molar-refractivity contribution in [3.8, 4) is 22.9 Å². The summed E-state index contributed by atoms with van der Waals surface area (Å²) in [5, 5.41) is 5.78. The van der Waals surface area contributed by atoms with E-state index in [1.54, 1.807) is 98.1 Å². The number of allylic oxidation sites excluding steroid dienone is 2. The molecule has 6 aromatic rings. The lowest BCUT2D eigenvalue weighted by Gasteiger charge is -2.30. The molecule has 0 fully saturated rings. The van der Waals surface area contributed by atoms with E-state index in [-0.39, 0.29) is 24.2 Å². The van der Waals surface area contributed by atoms with Crippen LogP contribution in [0.2, 0.25) is 0 Å². The van der Waals surface area contributed by atoms with E-state index in [0.29, 0.717) is 90.1 Å². The molecule has 3 aromatic carbocycles. The van der Waals surface area contributed by atoms with Gasteiger partial charge in [-0.1, -0.05) is 24.6 Å². The number of aryl methyl sites for hydroxylation is 2. The Morgan fingerprint density at radius 3 is 2.48 bits per heavy atom. The van der Waals surface area contributed by atoms with Crippen molar-refractivity contribution in [1.82, 2.24) is 30.1 Å². The Kier molecular flexibility index (Phi) is 12.3. The lowest BCUT2D eigenvalue weighted by Crippen LogP contribution is -2.50. The number of imidazole rings is 1. The third-order valence-corrected chi connectivity index (χ3v) is 11.0. The highest BCUT2D eigenvalue weighted by Crippen LogP contribution is 2.34. The predicted octanol–water partition coefficient (Wildman–Crippen LogP) is 8.58. The number of nitrogens with one attached hydrogen (secondary N) is 4. The van der Waals surface area contributed by atoms with Crippen LogP contribution in [0, 0.1) is 19.7 Å². The number of nitrogens with zero attached hydrogens (tertiary/aromatic N) is 3. The third kappa shape index (κ3) is 9.16. The summed E-state index contributed by atoms with van der Waals surface area (Å²) in [6.45, 7) is 0.824. The molecule has 11 nitrogen and oxygen atoms in total. The highest BCUT2D eigenvalue weighted by molar-refractivity contribution is 6.58. The van der Waals surface area contributed by atoms with Crippen LogP contribution in [0.1, 0.15) is 65.9 Å². The van der Waals surface area contributed by atoms with Crippen molar-refractivity contribution < 1.29 is 36.6 Å². The number of unbranched alkanes of at least 4 members (excludes halogenated alkanes) is 2. The summed E-state index contributed by atoms with van der Waals surface area (Å²) < 4.78 is 59.9. The number of benzene rings is 3. The number of carbonyl (C=O) groups excluding carboxylic acids is 2. The lowest BCUT2D eigenvalue weighted by atomic mass is 9.90. The van der Waals surface area contributed by atoms with E-state index in [2.05, 4.69) is 25.6 Å². The minimum Gasteiger partial charge on any atom is -0.494 e. The zero-order chi connectivity index (χ0) is 43.2. The van der Waals surface area contributed by atoms with Crippen LogP contribution in [0.3, 0.4) is 0 Å². The van der Waals surface area contributed by atoms with Gasteiger partial charge >= 0.3 is 6.97 Å². The average Bonchev–Trinajstić information content (AvgIpc) is 4.10. The summed E-state index contributed by atoms with van der Waals surface area (Å²) in [6.07, 6.45) is 13.6. The molecule has 4 N–H and O–H groups in total. The molecule has 0 bridgehead atoms. The molecule has 5 heterocycles. The summed E-state index contributed by atoms with van der Waals surface area (Å²) in [7, 11) is 0. The van der Waals surface area contributed by atoms with Crippen LogP contribution in [-0.4, -0.2) is 74.7 Å². The molecule has 8 rings (SSSR count). The number of fused-ring (bicyclic) bond motifs is 3. The summed E-state index contributed by atoms with van der Waals surface area (Å²) in [6, 6.07) is 22.9. The Bertz CT molecular complexity index is 2730. The topological polar surface area (TPSA) is 129 Å². The zero-order valence-corrected chi connectivity index (χ0v) is 34.5. The Morgan fingerprint density at radius 2 is 1.68 bits per heavy atom. The summed E-state index contributed by atoms with van der Waals surface area (Å²) in [5.74, 6) is 1.36. The normalized spacial score (nSPS) is 14.0. The van der Waals surface area contributed by atoms with Gasteiger partial charge < -0.3 is 47.7 Å². The number of aromatic nitrogens is 4. The Balaban J connectivity index is 0.686. The number of carbonyl (C=O) groups is 2. The molecule has 2 aliphatic heterocycles. The minimum atomic E-state index is -4.15. The molecule has 0 saturated heterocycles. The van der Waals surface area contributed by atoms with Gasteiger partial charge in [-0.25, -0.2) is 9.37 Å². The highest BCUT2D eigenvalue weighted by Gasteiger charge is 2.52. The number of H-pyrrole nitrogens is 2. The molecule has 2 aliphatic rings. The van der Waals surface area contributed by atoms with Gasteiger partial charge in [0.2, 0.25) is 5.91 Å². The molecule has 0 unspecified atom stereocenters. The van der Waals surface area contributed by atoms with Crippen molar-refractivity contribution in [2.45, 2.75) is 46.0 Å². The monoisotopic (exact) mass is 841 g/mol. The fraction of sp³-hybridized carbons (Fsp3) is 0.234. The summed E-state index contributed by atoms with van der Waals surface area (Å²) in [5.41, 5.74) is 6.90. The quantitative estimate of drug-likeness (QED) is 0.0510. The Morgan fingerprint density at radius 1 is 0.871 bits per heavy atom. The van der Waals surface area contributed by atoms with Gasteiger partial charge in [0.05, 0.1) is 17.6 Å². The maximum atomic E-state index is 16.1. The van der Waals surface area contributed by atoms with Crippen LogP contribution < -0.4 is 20.1 Å². The van der Waals surface area contributed by atoms with Gasteiger partial charge in [-0.05, 0) is 117 Å². The fourth-order valence-corrected chi connectivity index (χ4v) is 7.75. The number of hydrogen-bond donors (Lipinski definition) is 4. The van der Waals surface area contributed by atoms with Gasteiger partial charge in [0.25, 0.3) is 5.91 Å². The number of amides is 2. The fourth-order valence-electron chi connectivity index (χ4n) is 7.75. The maximum Gasteiger partial charge on any atom is 0.737 e. The average molecular weight is 842 g/mol. The van der Waals surface area contributed by atoms with Crippen molar-refractivity contribution in [3.05, 3.63) is 142 Å². The van der Waals surface area contributed by atoms with Gasteiger partial charge in [0.15, 0.2) is 18.0 Å². The van der Waals surface area contributed by atoms with Crippen molar-refractivity contribution in [2.75, 3.05) is 26.3 Å². The molecule has 0 spiro atoms. The van der Waals surface area contributed by atoms with E-state index in [0.717, 1.165) is 49.8 Å². The lowest BCUT2D eigenvalue weighted by molar-refractivity contribution is -0.360. The largest absolute Gasteiger partial charge is 0.737 e. The van der Waals surface area contributed by atoms with Crippen LogP contribution in [0.5, 0.6) is 11.5 Å². The van der Waals surface area contributed by atoms with E-state index in [4.69, 9.17) is 9.47 Å². The van der Waals surface area contributed by atoms with Crippen LogP contribution in [0.25, 0.3) is 40.6 Å². The molecule has 0 radical (unpaired) electrons. The van der Waals surface area contributed by atoms with Crippen LogP contribution in [0.4, 0.5) is 13.0 Å². The molecule has 62 heavy (non-hydrogen) atoms. The smallest absolute Gasteiger partial charge is 0.494 e. The molecule has 318 valence electrons. The van der Waals surface area contributed by atoms with Crippen molar-refractivity contribution >= 4 is 53.8 Å². The van der Waals surface area contributed by atoms with Gasteiger partial charge in [0.1, 0.15) is 28.8 Å². The zero-order valence-electron chi connectivity index (χ0n) is 34.5. The van der Waals surface area contributed by atoms with E-state index >= 15 is 8.63 Å². The van der Waals surface area contributed by atoms with Crippen molar-refractivity contribution in [3.63, 3.8) is 0 Å². The maximum absolute atomic E-state index is 16.1. The molecule has 15 heteroatoms. The van der Waals surface area contributed by atoms with Crippen LogP contribution in [0.15, 0.2) is 103 Å². The van der Waals surface area contributed by atoms with Gasteiger partial charge in [-0.2, -0.15) is 0 Å². The van der Waals surface area contributed by atoms with E-state index in [1.165, 1.54) is 6.07 Å². The standard InChI is InChI=1S/C47H47BF3N7O4/c1-31-28-38(19-20-39(31)47-55-42-22-21-40(49)32(2)46(42)56-47)61-27-7-26-53-44(59)9-4-3-5-24-54-45(60)30-62-37-17-11-33(12-18-37)10-13-34-14-15-35-29-36-16-23-43(41-8-6-25-52-41)58(36)48(50,51)57(34)35/h6,8,10-23,25,28-29,52H,3-5,7,9,24,26-27,30H2,1-2H3,(H,53,59)(H,54,60)(H,55,56)/b13-10+. The minimum absolute atomic E-state index is 0.0204. The van der Waals surface area contributed by atoms with E-state index in [1.807, 2.05) is 25.1 Å². The molecular weight excluding hydrogens is 794 g/mol. The second kappa shape index (κ2) is 18.3. The first kappa shape index (κ1) is 41.7. The highest BCUT2D eigenvalue weighted by atomic mass is 19.2. The first-order valence-corrected chi connectivity index (χ1v) is 20.8. The molecule has 3 aromatic heterocycles. The molecular formula is C47H47BF3N7O4. The van der Waals surface area contributed by atoms with Gasteiger partial charge in [-0.3, -0.25) is 9.59 Å². The summed E-state index contributed by atoms with van der Waals surface area (Å²) in [4.78, 5) is 35.6. The number of ether oxygens (including phenoxy) is 2. The number of hydrogen-bond acceptors (Lipinski definition) is 5. The number of rotatable bonds is 18. The van der Waals surface area contributed by atoms with E-state index < -0.39 is 6.97 Å². The van der Waals surface area contributed by atoms with Crippen molar-refractivity contribution in [1.29, 1.82) is 0 Å². The van der Waals surface area contributed by atoms with Gasteiger partial charge in [0, 0.05) is 66.4 Å². The van der Waals surface area contributed by atoms with Crippen molar-refractivity contribution in [2.24, 2.45) is 0 Å². The Labute approximate surface area is 357 Å². The van der Waals surface area contributed by atoms with Crippen LogP contribution >= 0.6 is 0 Å². The van der Waals surface area contributed by atoms with Gasteiger partial charge in [-0.15, -0.1) is 0 Å². The summed E-state index contributed by atoms with van der Waals surface area (Å²) >= 11 is 0. The SMILES string of the molecule is Cc1cc(OCCCNC(=O)CCCCCNC(=O)COc2ccc(/C=C/c3ccc4n3[B-](F)(F)[N+]3=C(c5ccc[nH]5)C=CC3=C4)cc2)ccc1-c1nc2c(C)c(F)ccc2[nH]1. The van der Waals surface area contributed by atoms with E-state index in [9.17, 15) is 14.0 Å². The number of aromatic amines is 2. The van der Waals surface area contributed by atoms with Crippen LogP contribution in [-0.2, 0) is 9.59 Å². The first-order valence-electron chi connectivity index (χ1n) is 20.8. The second-order valence-corrected chi connectivity index (χ2v) is 15.4. The molecule has 0 aliphatic carbocycles. The Hall–Kier alpha value is -7.03. The molecule has 2 amide bonds. The molecule has 0 saturated carbocycles. The molecule has 0 atom stereocenters. The second-order valence-electron chi connectivity index (χ2n) is 15.4. The predicted molar refractivity (Wildman–Crippen MR) is 237 cm³/mol.